The number of hydrogen-bond donors (Lipinski definition) is 1. The molecule has 6 nitrogen and oxygen atoms in total. The lowest BCUT2D eigenvalue weighted by Gasteiger charge is -2.07. The maximum absolute atomic E-state index is 11.9. The number of carbonyl (C=O) groups is 1. The van der Waals surface area contributed by atoms with Crippen molar-refractivity contribution < 1.29 is 9.53 Å². The zero-order valence-corrected chi connectivity index (χ0v) is 13.9. The third-order valence-corrected chi connectivity index (χ3v) is 4.66. The molecule has 7 heteroatoms. The minimum absolute atomic E-state index is 0.0221. The molecule has 1 aliphatic rings. The molecule has 1 amide bonds. The average molecular weight is 332 g/mol. The van der Waals surface area contributed by atoms with E-state index in [1.54, 1.807) is 13.4 Å². The van der Waals surface area contributed by atoms with E-state index in [-0.39, 0.29) is 5.91 Å². The first kappa shape index (κ1) is 15.9. The zero-order valence-electron chi connectivity index (χ0n) is 13.1. The molecule has 1 aliphatic carbocycles. The second-order valence-corrected chi connectivity index (χ2v) is 6.43. The number of benzene rings is 1. The van der Waals surface area contributed by atoms with Gasteiger partial charge in [-0.15, -0.1) is 10.2 Å². The Bertz CT molecular complexity index is 652. The Morgan fingerprint density at radius 2 is 2.17 bits per heavy atom. The van der Waals surface area contributed by atoms with E-state index in [1.807, 2.05) is 24.3 Å². The molecule has 1 fully saturated rings. The van der Waals surface area contributed by atoms with Crippen molar-refractivity contribution in [3.8, 4) is 5.75 Å². The largest absolute Gasteiger partial charge is 0.497 e. The number of hydrogen-bond acceptors (Lipinski definition) is 5. The van der Waals surface area contributed by atoms with E-state index >= 15 is 0 Å². The van der Waals surface area contributed by atoms with Crippen LogP contribution in [0.1, 0.15) is 24.4 Å². The Morgan fingerprint density at radius 3 is 2.87 bits per heavy atom. The third-order valence-electron chi connectivity index (χ3n) is 3.71. The monoisotopic (exact) mass is 332 g/mol. The fourth-order valence-corrected chi connectivity index (χ4v) is 3.07. The summed E-state index contributed by atoms with van der Waals surface area (Å²) in [6.07, 6.45) is 4.92. The van der Waals surface area contributed by atoms with Gasteiger partial charge in [-0.2, -0.15) is 0 Å². The third kappa shape index (κ3) is 4.48. The number of ether oxygens (including phenoxy) is 1. The lowest BCUT2D eigenvalue weighted by molar-refractivity contribution is -0.118. The maximum Gasteiger partial charge on any atom is 0.230 e. The summed E-state index contributed by atoms with van der Waals surface area (Å²) >= 11 is 1.44. The van der Waals surface area contributed by atoms with E-state index in [4.69, 9.17) is 4.74 Å². The van der Waals surface area contributed by atoms with Crippen LogP contribution in [0.4, 0.5) is 0 Å². The maximum atomic E-state index is 11.9. The second-order valence-electron chi connectivity index (χ2n) is 5.49. The van der Waals surface area contributed by atoms with E-state index in [0.717, 1.165) is 17.3 Å². The second kappa shape index (κ2) is 7.50. The highest BCUT2D eigenvalue weighted by molar-refractivity contribution is 7.99. The highest BCUT2D eigenvalue weighted by atomic mass is 32.2. The van der Waals surface area contributed by atoms with Crippen LogP contribution in [-0.4, -0.2) is 40.1 Å². The molecule has 0 radical (unpaired) electrons. The molecule has 0 atom stereocenters. The van der Waals surface area contributed by atoms with Crippen molar-refractivity contribution >= 4 is 17.7 Å². The molecular weight excluding hydrogens is 312 g/mol. The first-order valence-electron chi connectivity index (χ1n) is 7.68. The molecule has 3 rings (SSSR count). The number of thioether (sulfide) groups is 1. The lowest BCUT2D eigenvalue weighted by Crippen LogP contribution is -2.27. The molecule has 23 heavy (non-hydrogen) atoms. The van der Waals surface area contributed by atoms with Crippen LogP contribution in [-0.2, 0) is 11.2 Å². The van der Waals surface area contributed by atoms with Crippen molar-refractivity contribution in [3.63, 3.8) is 0 Å². The Morgan fingerprint density at radius 1 is 1.39 bits per heavy atom. The quantitative estimate of drug-likeness (QED) is 0.750. The number of carbonyl (C=O) groups excluding carboxylic acids is 1. The van der Waals surface area contributed by atoms with Crippen LogP contribution in [0.15, 0.2) is 35.7 Å². The van der Waals surface area contributed by atoms with Crippen LogP contribution >= 0.6 is 11.8 Å². The number of nitrogens with one attached hydrogen (secondary N) is 1. The standard InChI is InChI=1S/C16H20N4O2S/c1-22-14-6-2-12(3-7-14)8-9-17-15(21)10-23-16-19-18-11-20(16)13-4-5-13/h2-3,6-7,11,13H,4-5,8-10H2,1H3,(H,17,21). The van der Waals surface area contributed by atoms with Gasteiger partial charge < -0.3 is 14.6 Å². The Balaban J connectivity index is 1.38. The summed E-state index contributed by atoms with van der Waals surface area (Å²) in [6, 6.07) is 8.41. The summed E-state index contributed by atoms with van der Waals surface area (Å²) in [5.41, 5.74) is 1.17. The van der Waals surface area contributed by atoms with Crippen molar-refractivity contribution in [3.05, 3.63) is 36.2 Å². The highest BCUT2D eigenvalue weighted by Gasteiger charge is 2.26. The summed E-state index contributed by atoms with van der Waals surface area (Å²) < 4.78 is 7.19. The van der Waals surface area contributed by atoms with Gasteiger partial charge in [0.05, 0.1) is 12.9 Å². The van der Waals surface area contributed by atoms with E-state index in [9.17, 15) is 4.79 Å². The SMILES string of the molecule is COc1ccc(CCNC(=O)CSc2nncn2C2CC2)cc1. The van der Waals surface area contributed by atoms with E-state index in [1.165, 1.54) is 30.2 Å². The minimum atomic E-state index is 0.0221. The predicted molar refractivity (Wildman–Crippen MR) is 88.7 cm³/mol. The van der Waals surface area contributed by atoms with Crippen LogP contribution in [0.25, 0.3) is 0 Å². The summed E-state index contributed by atoms with van der Waals surface area (Å²) in [7, 11) is 1.65. The number of nitrogens with zero attached hydrogens (tertiary/aromatic N) is 3. The van der Waals surface area contributed by atoms with E-state index < -0.39 is 0 Å². The van der Waals surface area contributed by atoms with Crippen molar-refractivity contribution in [2.45, 2.75) is 30.5 Å². The first-order chi connectivity index (χ1) is 11.3. The van der Waals surface area contributed by atoms with Gasteiger partial charge in [-0.05, 0) is 37.0 Å². The number of aromatic nitrogens is 3. The van der Waals surface area contributed by atoms with Crippen LogP contribution in [0.3, 0.4) is 0 Å². The van der Waals surface area contributed by atoms with Gasteiger partial charge in [-0.1, -0.05) is 23.9 Å². The van der Waals surface area contributed by atoms with Crippen LogP contribution < -0.4 is 10.1 Å². The fraction of sp³-hybridized carbons (Fsp3) is 0.438. The summed E-state index contributed by atoms with van der Waals surface area (Å²) in [5, 5.41) is 11.8. The van der Waals surface area contributed by atoms with Gasteiger partial charge in [0.15, 0.2) is 5.16 Å². The van der Waals surface area contributed by atoms with Crippen molar-refractivity contribution in [1.82, 2.24) is 20.1 Å². The van der Waals surface area contributed by atoms with Gasteiger partial charge in [0.1, 0.15) is 12.1 Å². The number of methoxy groups -OCH3 is 1. The molecule has 1 aromatic heterocycles. The van der Waals surface area contributed by atoms with Crippen LogP contribution in [0.2, 0.25) is 0 Å². The van der Waals surface area contributed by atoms with Crippen molar-refractivity contribution in [2.75, 3.05) is 19.4 Å². The van der Waals surface area contributed by atoms with E-state index in [2.05, 4.69) is 20.1 Å². The molecule has 1 saturated carbocycles. The van der Waals surface area contributed by atoms with E-state index in [0.29, 0.717) is 18.3 Å². The molecule has 1 N–H and O–H groups in total. The lowest BCUT2D eigenvalue weighted by atomic mass is 10.1. The Hall–Kier alpha value is -2.02. The van der Waals surface area contributed by atoms with Crippen molar-refractivity contribution in [2.24, 2.45) is 0 Å². The Kier molecular flexibility index (Phi) is 5.17. The summed E-state index contributed by atoms with van der Waals surface area (Å²) in [5.74, 6) is 1.23. The predicted octanol–water partition coefficient (Wildman–Crippen LogP) is 2.07. The van der Waals surface area contributed by atoms with Gasteiger partial charge in [0.2, 0.25) is 5.91 Å². The van der Waals surface area contributed by atoms with Gasteiger partial charge in [-0.3, -0.25) is 4.79 Å². The molecule has 0 aliphatic heterocycles. The molecule has 122 valence electrons. The van der Waals surface area contributed by atoms with Gasteiger partial charge in [0, 0.05) is 12.6 Å². The molecule has 0 spiro atoms. The number of rotatable bonds is 8. The normalized spacial score (nSPS) is 13.8. The summed E-state index contributed by atoms with van der Waals surface area (Å²) in [6.45, 7) is 0.626. The molecule has 1 aromatic carbocycles. The van der Waals surface area contributed by atoms with Crippen LogP contribution in [0.5, 0.6) is 5.75 Å². The zero-order chi connectivity index (χ0) is 16.1. The molecular formula is C16H20N4O2S. The fourth-order valence-electron chi connectivity index (χ4n) is 2.26. The smallest absolute Gasteiger partial charge is 0.230 e. The molecule has 0 unspecified atom stereocenters. The molecule has 1 heterocycles. The number of amides is 1. The molecule has 0 bridgehead atoms. The first-order valence-corrected chi connectivity index (χ1v) is 8.67. The molecule has 0 saturated heterocycles. The minimum Gasteiger partial charge on any atom is -0.497 e. The topological polar surface area (TPSA) is 69.0 Å². The van der Waals surface area contributed by atoms with Crippen LogP contribution in [0, 0.1) is 0 Å². The highest BCUT2D eigenvalue weighted by Crippen LogP contribution is 2.37. The van der Waals surface area contributed by atoms with Gasteiger partial charge in [-0.25, -0.2) is 0 Å². The van der Waals surface area contributed by atoms with Gasteiger partial charge >= 0.3 is 0 Å². The van der Waals surface area contributed by atoms with Crippen molar-refractivity contribution in [1.29, 1.82) is 0 Å². The Labute approximate surface area is 139 Å². The summed E-state index contributed by atoms with van der Waals surface area (Å²) in [4.78, 5) is 11.9. The van der Waals surface area contributed by atoms with Gasteiger partial charge in [0.25, 0.3) is 0 Å². The average Bonchev–Trinajstić information content (AvgIpc) is 3.32. The molecule has 2 aromatic rings.